The minimum atomic E-state index is -3.53. The number of hydrogen-bond donors (Lipinski definition) is 0. The van der Waals surface area contributed by atoms with Gasteiger partial charge in [-0.05, 0) is 25.0 Å². The molecule has 1 atom stereocenters. The molecule has 4 nitrogen and oxygen atoms in total. The average Bonchev–Trinajstić information content (AvgIpc) is 2.35. The molecule has 114 valence electrons. The van der Waals surface area contributed by atoms with Gasteiger partial charge in [-0.2, -0.15) is 0 Å². The third kappa shape index (κ3) is 6.01. The zero-order valence-electron chi connectivity index (χ0n) is 12.0. The molecule has 0 aliphatic heterocycles. The molecule has 0 saturated carbocycles. The zero-order valence-corrected chi connectivity index (χ0v) is 13.6. The Labute approximate surface area is 125 Å². The van der Waals surface area contributed by atoms with Crippen molar-refractivity contribution in [3.8, 4) is 11.5 Å². The van der Waals surface area contributed by atoms with E-state index in [2.05, 4.69) is 0 Å². The second-order valence-electron chi connectivity index (χ2n) is 4.90. The summed E-state index contributed by atoms with van der Waals surface area (Å²) in [6, 6.07) is 7.33. The molecule has 0 aliphatic carbocycles. The molecule has 0 radical (unpaired) electrons. The fraction of sp³-hybridized carbons (Fsp3) is 0.571. The summed E-state index contributed by atoms with van der Waals surface area (Å²) in [6.45, 7) is 6.63. The van der Waals surface area contributed by atoms with Gasteiger partial charge in [-0.25, -0.2) is 8.42 Å². The van der Waals surface area contributed by atoms with Crippen LogP contribution in [-0.2, 0) is 9.05 Å². The highest BCUT2D eigenvalue weighted by Crippen LogP contribution is 2.27. The Morgan fingerprint density at radius 2 is 1.70 bits per heavy atom. The molecule has 0 aliphatic rings. The molecule has 0 bridgehead atoms. The summed E-state index contributed by atoms with van der Waals surface area (Å²) < 4.78 is 33.6. The first kappa shape index (κ1) is 17.1. The average molecular weight is 321 g/mol. The third-order valence-electron chi connectivity index (χ3n) is 2.96. The van der Waals surface area contributed by atoms with Crippen molar-refractivity contribution < 1.29 is 17.9 Å². The van der Waals surface area contributed by atoms with E-state index in [1.807, 2.05) is 39.0 Å². The molecule has 0 fully saturated rings. The lowest BCUT2D eigenvalue weighted by Crippen LogP contribution is -2.24. The maximum Gasteiger partial charge on any atom is 0.233 e. The Kier molecular flexibility index (Phi) is 6.62. The number of ether oxygens (including phenoxy) is 2. The van der Waals surface area contributed by atoms with Gasteiger partial charge in [0.15, 0.2) is 11.5 Å². The fourth-order valence-corrected chi connectivity index (χ4v) is 3.21. The van der Waals surface area contributed by atoms with Gasteiger partial charge >= 0.3 is 0 Å². The first-order valence-corrected chi connectivity index (χ1v) is 9.08. The fourth-order valence-electron chi connectivity index (χ4n) is 1.73. The van der Waals surface area contributed by atoms with E-state index >= 15 is 0 Å². The molecular formula is C14H21ClO4S. The monoisotopic (exact) mass is 320 g/mol. The summed E-state index contributed by atoms with van der Waals surface area (Å²) in [5, 5.41) is 0. The largest absolute Gasteiger partial charge is 0.490 e. The number of halogens is 1. The van der Waals surface area contributed by atoms with Crippen LogP contribution >= 0.6 is 10.7 Å². The predicted octanol–water partition coefficient (Wildman–Crippen LogP) is 3.30. The second kappa shape index (κ2) is 7.74. The van der Waals surface area contributed by atoms with E-state index in [9.17, 15) is 8.42 Å². The lowest BCUT2D eigenvalue weighted by molar-refractivity contribution is 0.213. The van der Waals surface area contributed by atoms with Gasteiger partial charge in [-0.1, -0.05) is 26.0 Å². The van der Waals surface area contributed by atoms with Gasteiger partial charge in [-0.15, -0.1) is 0 Å². The van der Waals surface area contributed by atoms with Crippen molar-refractivity contribution in [3.63, 3.8) is 0 Å². The molecule has 1 aromatic carbocycles. The van der Waals surface area contributed by atoms with Gasteiger partial charge in [0.1, 0.15) is 0 Å². The molecule has 6 heteroatoms. The van der Waals surface area contributed by atoms with Crippen molar-refractivity contribution in [2.45, 2.75) is 20.8 Å². The number of hydrogen-bond acceptors (Lipinski definition) is 4. The van der Waals surface area contributed by atoms with Crippen molar-refractivity contribution >= 4 is 19.7 Å². The van der Waals surface area contributed by atoms with E-state index in [4.69, 9.17) is 20.2 Å². The maximum atomic E-state index is 11.2. The van der Waals surface area contributed by atoms with Crippen LogP contribution in [0.1, 0.15) is 20.8 Å². The second-order valence-corrected chi connectivity index (χ2v) is 7.72. The van der Waals surface area contributed by atoms with Gasteiger partial charge in [0.25, 0.3) is 0 Å². The van der Waals surface area contributed by atoms with Crippen molar-refractivity contribution in [1.29, 1.82) is 0 Å². The topological polar surface area (TPSA) is 52.6 Å². The summed E-state index contributed by atoms with van der Waals surface area (Å²) in [7, 11) is 1.79. The highest BCUT2D eigenvalue weighted by Gasteiger charge is 2.21. The first-order chi connectivity index (χ1) is 9.33. The SMILES string of the molecule is CCOc1ccccc1OCC(CS(=O)(=O)Cl)C(C)C. The van der Waals surface area contributed by atoms with Crippen LogP contribution in [-0.4, -0.2) is 27.4 Å². The predicted molar refractivity (Wildman–Crippen MR) is 81.1 cm³/mol. The van der Waals surface area contributed by atoms with Gasteiger partial charge in [0, 0.05) is 16.6 Å². The number of rotatable bonds is 8. The number of para-hydroxylation sites is 2. The smallest absolute Gasteiger partial charge is 0.233 e. The maximum absolute atomic E-state index is 11.2. The van der Waals surface area contributed by atoms with Crippen LogP contribution in [0.4, 0.5) is 0 Å². The van der Waals surface area contributed by atoms with Crippen LogP contribution in [0.3, 0.4) is 0 Å². The summed E-state index contributed by atoms with van der Waals surface area (Å²) in [5.74, 6) is 1.18. The normalized spacial score (nSPS) is 13.2. The first-order valence-electron chi connectivity index (χ1n) is 6.60. The van der Waals surface area contributed by atoms with E-state index in [1.165, 1.54) is 0 Å². The van der Waals surface area contributed by atoms with Crippen molar-refractivity contribution in [2.75, 3.05) is 19.0 Å². The van der Waals surface area contributed by atoms with Crippen molar-refractivity contribution in [1.82, 2.24) is 0 Å². The molecule has 20 heavy (non-hydrogen) atoms. The van der Waals surface area contributed by atoms with Crippen molar-refractivity contribution in [2.24, 2.45) is 11.8 Å². The lowest BCUT2D eigenvalue weighted by Gasteiger charge is -2.20. The van der Waals surface area contributed by atoms with E-state index in [0.29, 0.717) is 18.1 Å². The minimum Gasteiger partial charge on any atom is -0.490 e. The Morgan fingerprint density at radius 1 is 1.15 bits per heavy atom. The molecule has 0 amide bonds. The Morgan fingerprint density at radius 3 is 2.15 bits per heavy atom. The minimum absolute atomic E-state index is 0.0942. The summed E-state index contributed by atoms with van der Waals surface area (Å²) in [5.41, 5.74) is 0. The number of benzene rings is 1. The Balaban J connectivity index is 2.72. The lowest BCUT2D eigenvalue weighted by atomic mass is 9.99. The van der Waals surface area contributed by atoms with Crippen LogP contribution in [0, 0.1) is 11.8 Å². The molecule has 0 aromatic heterocycles. The molecule has 1 rings (SSSR count). The van der Waals surface area contributed by atoms with E-state index < -0.39 is 9.05 Å². The Bertz CT molecular complexity index is 514. The van der Waals surface area contributed by atoms with Gasteiger partial charge < -0.3 is 9.47 Å². The molecule has 0 N–H and O–H groups in total. The van der Waals surface area contributed by atoms with Crippen LogP contribution in [0.25, 0.3) is 0 Å². The van der Waals surface area contributed by atoms with Crippen LogP contribution in [0.15, 0.2) is 24.3 Å². The van der Waals surface area contributed by atoms with Crippen LogP contribution in [0.2, 0.25) is 0 Å². The van der Waals surface area contributed by atoms with E-state index in [-0.39, 0.29) is 24.2 Å². The molecule has 0 saturated heterocycles. The van der Waals surface area contributed by atoms with E-state index in [1.54, 1.807) is 6.07 Å². The molecular weight excluding hydrogens is 300 g/mol. The van der Waals surface area contributed by atoms with Crippen molar-refractivity contribution in [3.05, 3.63) is 24.3 Å². The quantitative estimate of drug-likeness (QED) is 0.690. The summed E-state index contributed by atoms with van der Waals surface area (Å²) in [6.07, 6.45) is 0. The zero-order chi connectivity index (χ0) is 15.2. The highest BCUT2D eigenvalue weighted by atomic mass is 35.7. The summed E-state index contributed by atoms with van der Waals surface area (Å²) >= 11 is 0. The van der Waals surface area contributed by atoms with Crippen LogP contribution < -0.4 is 9.47 Å². The van der Waals surface area contributed by atoms with E-state index in [0.717, 1.165) is 0 Å². The Hall–Kier alpha value is -0.940. The molecule has 0 spiro atoms. The molecule has 1 unspecified atom stereocenters. The van der Waals surface area contributed by atoms with Gasteiger partial charge in [0.05, 0.1) is 19.0 Å². The summed E-state index contributed by atoms with van der Waals surface area (Å²) in [4.78, 5) is 0. The molecule has 0 heterocycles. The molecule has 1 aromatic rings. The third-order valence-corrected chi connectivity index (χ3v) is 4.16. The van der Waals surface area contributed by atoms with Gasteiger partial charge in [0.2, 0.25) is 9.05 Å². The van der Waals surface area contributed by atoms with Crippen LogP contribution in [0.5, 0.6) is 11.5 Å². The highest BCUT2D eigenvalue weighted by molar-refractivity contribution is 8.13. The van der Waals surface area contributed by atoms with Gasteiger partial charge in [-0.3, -0.25) is 0 Å². The standard InChI is InChI=1S/C14H21ClO4S/c1-4-18-13-7-5-6-8-14(13)19-9-12(11(2)3)10-20(15,16)17/h5-8,11-12H,4,9-10H2,1-3H3.